The number of ether oxygens (including phenoxy) is 2. The van der Waals surface area contributed by atoms with E-state index in [4.69, 9.17) is 9.47 Å². The summed E-state index contributed by atoms with van der Waals surface area (Å²) in [7, 11) is 3.53. The third-order valence-corrected chi connectivity index (χ3v) is 3.71. The minimum Gasteiger partial charge on any atom is -0.501 e. The number of hydrogen-bond donors (Lipinski definition) is 0. The fourth-order valence-electron chi connectivity index (χ4n) is 2.59. The van der Waals surface area contributed by atoms with Crippen LogP contribution in [0, 0.1) is 5.92 Å². The molecule has 1 aliphatic rings. The van der Waals surface area contributed by atoms with Gasteiger partial charge in [-0.25, -0.2) is 0 Å². The Kier molecular flexibility index (Phi) is 6.92. The van der Waals surface area contributed by atoms with E-state index in [1.165, 1.54) is 37.7 Å². The molecule has 0 fully saturated rings. The van der Waals surface area contributed by atoms with E-state index in [1.54, 1.807) is 14.2 Å². The smallest absolute Gasteiger partial charge is 0.121 e. The lowest BCUT2D eigenvalue weighted by Crippen LogP contribution is -2.14. The number of unbranched alkanes of at least 4 members (excludes halogenated alkanes) is 2. The quantitative estimate of drug-likeness (QED) is 0.616. The van der Waals surface area contributed by atoms with Gasteiger partial charge in [-0.05, 0) is 31.3 Å². The van der Waals surface area contributed by atoms with Crippen LogP contribution in [-0.4, -0.2) is 14.2 Å². The molecule has 0 aromatic heterocycles. The molecule has 0 spiro atoms. The monoisotopic (exact) mass is 252 g/mol. The van der Waals surface area contributed by atoms with Gasteiger partial charge >= 0.3 is 0 Å². The van der Waals surface area contributed by atoms with Crippen LogP contribution in [0.1, 0.15) is 58.8 Å². The highest BCUT2D eigenvalue weighted by Crippen LogP contribution is 2.35. The van der Waals surface area contributed by atoms with Gasteiger partial charge in [0.15, 0.2) is 0 Å². The molecule has 0 saturated carbocycles. The molecule has 1 aliphatic carbocycles. The zero-order valence-corrected chi connectivity index (χ0v) is 12.4. The van der Waals surface area contributed by atoms with Crippen LogP contribution in [0.15, 0.2) is 23.2 Å². The van der Waals surface area contributed by atoms with Gasteiger partial charge in [0.05, 0.1) is 14.2 Å². The zero-order valence-electron chi connectivity index (χ0n) is 12.4. The molecular formula is C16H28O2. The lowest BCUT2D eigenvalue weighted by Gasteiger charge is -2.26. The molecule has 0 aromatic carbocycles. The summed E-state index contributed by atoms with van der Waals surface area (Å²) in [4.78, 5) is 0. The Morgan fingerprint density at radius 2 is 1.83 bits per heavy atom. The minimum atomic E-state index is 0.556. The van der Waals surface area contributed by atoms with E-state index in [0.717, 1.165) is 24.4 Å². The standard InChI is InChI=1S/C16H28O2/c1-5-7-9-13-11-14(10-8-6-2)16(18-4)12-15(13)17-3/h12-13H,5-11H2,1-4H3. The van der Waals surface area contributed by atoms with Gasteiger partial charge in [0.25, 0.3) is 0 Å². The maximum absolute atomic E-state index is 5.53. The van der Waals surface area contributed by atoms with Crippen molar-refractivity contribution in [3.8, 4) is 0 Å². The molecule has 0 bridgehead atoms. The van der Waals surface area contributed by atoms with Crippen molar-refractivity contribution in [2.75, 3.05) is 14.2 Å². The first-order valence-corrected chi connectivity index (χ1v) is 7.28. The fourth-order valence-corrected chi connectivity index (χ4v) is 2.59. The van der Waals surface area contributed by atoms with Crippen molar-refractivity contribution in [1.29, 1.82) is 0 Å². The summed E-state index contributed by atoms with van der Waals surface area (Å²) in [6.45, 7) is 4.48. The van der Waals surface area contributed by atoms with E-state index in [-0.39, 0.29) is 0 Å². The van der Waals surface area contributed by atoms with E-state index in [9.17, 15) is 0 Å². The number of allylic oxidation sites excluding steroid dienone is 3. The normalized spacial score (nSPS) is 19.8. The summed E-state index contributed by atoms with van der Waals surface area (Å²) in [5.74, 6) is 2.69. The Morgan fingerprint density at radius 3 is 2.39 bits per heavy atom. The molecule has 18 heavy (non-hydrogen) atoms. The Balaban J connectivity index is 2.78. The average Bonchev–Trinajstić information content (AvgIpc) is 2.42. The summed E-state index contributed by atoms with van der Waals surface area (Å²) in [5, 5.41) is 0. The van der Waals surface area contributed by atoms with Crippen LogP contribution in [0.2, 0.25) is 0 Å². The molecule has 1 unspecified atom stereocenters. The van der Waals surface area contributed by atoms with E-state index >= 15 is 0 Å². The highest BCUT2D eigenvalue weighted by Gasteiger charge is 2.24. The summed E-state index contributed by atoms with van der Waals surface area (Å²) >= 11 is 0. The van der Waals surface area contributed by atoms with Gasteiger partial charge in [0, 0.05) is 12.0 Å². The van der Waals surface area contributed by atoms with Gasteiger partial charge in [-0.1, -0.05) is 33.1 Å². The predicted molar refractivity (Wildman–Crippen MR) is 76.3 cm³/mol. The number of methoxy groups -OCH3 is 2. The summed E-state index contributed by atoms with van der Waals surface area (Å²) < 4.78 is 11.0. The van der Waals surface area contributed by atoms with Crippen LogP contribution < -0.4 is 0 Å². The first-order valence-electron chi connectivity index (χ1n) is 7.28. The van der Waals surface area contributed by atoms with Crippen LogP contribution in [-0.2, 0) is 9.47 Å². The Morgan fingerprint density at radius 1 is 1.11 bits per heavy atom. The van der Waals surface area contributed by atoms with Gasteiger partial charge in [0.1, 0.15) is 11.5 Å². The summed E-state index contributed by atoms with van der Waals surface area (Å²) in [6.07, 6.45) is 10.6. The van der Waals surface area contributed by atoms with Gasteiger partial charge in [0.2, 0.25) is 0 Å². The van der Waals surface area contributed by atoms with Crippen molar-refractivity contribution in [2.24, 2.45) is 5.92 Å². The van der Waals surface area contributed by atoms with E-state index in [2.05, 4.69) is 19.9 Å². The molecule has 2 heteroatoms. The Hall–Kier alpha value is -0.920. The SMILES string of the molecule is CCCCC1=C(OC)C=C(OC)C(CCCC)C1. The van der Waals surface area contributed by atoms with Gasteiger partial charge in [-0.2, -0.15) is 0 Å². The molecule has 1 rings (SSSR count). The zero-order chi connectivity index (χ0) is 13.4. The van der Waals surface area contributed by atoms with E-state index in [0.29, 0.717) is 5.92 Å². The van der Waals surface area contributed by atoms with Crippen LogP contribution in [0.5, 0.6) is 0 Å². The van der Waals surface area contributed by atoms with Crippen LogP contribution in [0.25, 0.3) is 0 Å². The molecule has 0 aromatic rings. The van der Waals surface area contributed by atoms with Crippen molar-refractivity contribution in [3.05, 3.63) is 23.2 Å². The topological polar surface area (TPSA) is 18.5 Å². The second-order valence-corrected chi connectivity index (χ2v) is 5.07. The lowest BCUT2D eigenvalue weighted by atomic mass is 9.85. The fraction of sp³-hybridized carbons (Fsp3) is 0.750. The minimum absolute atomic E-state index is 0.556. The van der Waals surface area contributed by atoms with Crippen molar-refractivity contribution < 1.29 is 9.47 Å². The number of hydrogen-bond acceptors (Lipinski definition) is 2. The third-order valence-electron chi connectivity index (χ3n) is 3.71. The first-order chi connectivity index (χ1) is 8.76. The molecule has 1 atom stereocenters. The van der Waals surface area contributed by atoms with Crippen molar-refractivity contribution in [3.63, 3.8) is 0 Å². The van der Waals surface area contributed by atoms with Crippen LogP contribution >= 0.6 is 0 Å². The molecule has 104 valence electrons. The van der Waals surface area contributed by atoms with Crippen LogP contribution in [0.3, 0.4) is 0 Å². The van der Waals surface area contributed by atoms with Crippen molar-refractivity contribution >= 4 is 0 Å². The molecule has 0 amide bonds. The molecular weight excluding hydrogens is 224 g/mol. The molecule has 0 saturated heterocycles. The predicted octanol–water partition coefficient (Wildman–Crippen LogP) is 4.82. The van der Waals surface area contributed by atoms with Crippen molar-refractivity contribution in [1.82, 2.24) is 0 Å². The Bertz CT molecular complexity index is 302. The molecule has 0 radical (unpaired) electrons. The molecule has 0 aliphatic heterocycles. The molecule has 2 nitrogen and oxygen atoms in total. The van der Waals surface area contributed by atoms with Crippen LogP contribution in [0.4, 0.5) is 0 Å². The lowest BCUT2D eigenvalue weighted by molar-refractivity contribution is 0.213. The Labute approximate surface area is 112 Å². The highest BCUT2D eigenvalue weighted by atomic mass is 16.5. The molecule has 0 N–H and O–H groups in total. The van der Waals surface area contributed by atoms with Crippen molar-refractivity contribution in [2.45, 2.75) is 58.8 Å². The number of rotatable bonds is 8. The largest absolute Gasteiger partial charge is 0.501 e. The second-order valence-electron chi connectivity index (χ2n) is 5.07. The van der Waals surface area contributed by atoms with Gasteiger partial charge < -0.3 is 9.47 Å². The molecule has 0 heterocycles. The highest BCUT2D eigenvalue weighted by molar-refractivity contribution is 5.29. The maximum atomic E-state index is 5.53. The van der Waals surface area contributed by atoms with E-state index < -0.39 is 0 Å². The summed E-state index contributed by atoms with van der Waals surface area (Å²) in [6, 6.07) is 0. The summed E-state index contributed by atoms with van der Waals surface area (Å²) in [5.41, 5.74) is 1.47. The average molecular weight is 252 g/mol. The second kappa shape index (κ2) is 8.23. The first kappa shape index (κ1) is 15.1. The van der Waals surface area contributed by atoms with E-state index in [1.807, 2.05) is 0 Å². The maximum Gasteiger partial charge on any atom is 0.121 e. The van der Waals surface area contributed by atoms with Gasteiger partial charge in [-0.3, -0.25) is 0 Å². The van der Waals surface area contributed by atoms with Gasteiger partial charge in [-0.15, -0.1) is 0 Å². The third kappa shape index (κ3) is 4.08.